The molecule has 1 aliphatic carbocycles. The van der Waals surface area contributed by atoms with Crippen molar-refractivity contribution in [1.29, 1.82) is 0 Å². The smallest absolute Gasteiger partial charge is 0.326 e. The quantitative estimate of drug-likeness (QED) is 0.660. The Morgan fingerprint density at radius 2 is 2.00 bits per heavy atom. The third-order valence-electron chi connectivity index (χ3n) is 4.14. The van der Waals surface area contributed by atoms with E-state index < -0.39 is 5.54 Å². The fourth-order valence-electron chi connectivity index (χ4n) is 2.80. The first-order chi connectivity index (χ1) is 9.34. The average molecular weight is 284 g/mol. The number of rotatable bonds is 9. The standard InChI is InChI=1S/C16H32N2O2/c1-7-20-15(19)16(5,17-6)10-13(4)18(11-12(2)3)14-8-9-14/h12-14,17H,7-11H2,1-6H3. The second-order valence-corrected chi connectivity index (χ2v) is 6.68. The predicted octanol–water partition coefficient (Wildman–Crippen LogP) is 2.43. The number of ether oxygens (including phenoxy) is 1. The van der Waals surface area contributed by atoms with E-state index in [-0.39, 0.29) is 5.97 Å². The summed E-state index contributed by atoms with van der Waals surface area (Å²) in [7, 11) is 1.84. The first kappa shape index (κ1) is 17.4. The monoisotopic (exact) mass is 284 g/mol. The molecule has 0 amide bonds. The number of likely N-dealkylation sites (N-methyl/N-ethyl adjacent to an activating group) is 1. The van der Waals surface area contributed by atoms with Crippen molar-refractivity contribution in [1.82, 2.24) is 10.2 Å². The van der Waals surface area contributed by atoms with Gasteiger partial charge in [-0.1, -0.05) is 13.8 Å². The van der Waals surface area contributed by atoms with E-state index in [4.69, 9.17) is 4.74 Å². The van der Waals surface area contributed by atoms with Crippen LogP contribution in [0.1, 0.15) is 53.9 Å². The largest absolute Gasteiger partial charge is 0.465 e. The van der Waals surface area contributed by atoms with Gasteiger partial charge in [0.2, 0.25) is 0 Å². The highest BCUT2D eigenvalue weighted by atomic mass is 16.5. The van der Waals surface area contributed by atoms with E-state index in [9.17, 15) is 4.79 Å². The number of carbonyl (C=O) groups excluding carboxylic acids is 1. The molecule has 1 aliphatic rings. The lowest BCUT2D eigenvalue weighted by Gasteiger charge is -2.36. The topological polar surface area (TPSA) is 41.6 Å². The molecule has 20 heavy (non-hydrogen) atoms. The van der Waals surface area contributed by atoms with Crippen LogP contribution < -0.4 is 5.32 Å². The minimum atomic E-state index is -0.598. The van der Waals surface area contributed by atoms with Gasteiger partial charge in [-0.15, -0.1) is 0 Å². The van der Waals surface area contributed by atoms with Gasteiger partial charge in [-0.25, -0.2) is 0 Å². The van der Waals surface area contributed by atoms with Gasteiger partial charge in [-0.3, -0.25) is 9.69 Å². The predicted molar refractivity (Wildman–Crippen MR) is 82.7 cm³/mol. The van der Waals surface area contributed by atoms with E-state index in [0.717, 1.165) is 19.0 Å². The Balaban J connectivity index is 2.68. The summed E-state index contributed by atoms with van der Waals surface area (Å²) in [6.07, 6.45) is 3.38. The molecule has 1 rings (SSSR count). The van der Waals surface area contributed by atoms with E-state index in [2.05, 4.69) is 31.0 Å². The summed E-state index contributed by atoms with van der Waals surface area (Å²) >= 11 is 0. The van der Waals surface area contributed by atoms with Crippen molar-refractivity contribution in [3.05, 3.63) is 0 Å². The maximum absolute atomic E-state index is 12.2. The summed E-state index contributed by atoms with van der Waals surface area (Å²) in [6.45, 7) is 12.1. The van der Waals surface area contributed by atoms with Crippen LogP contribution in [0.4, 0.5) is 0 Å². The van der Waals surface area contributed by atoms with Crippen LogP contribution in [-0.2, 0) is 9.53 Å². The lowest BCUT2D eigenvalue weighted by Crippen LogP contribution is -2.53. The van der Waals surface area contributed by atoms with Gasteiger partial charge in [-0.05, 0) is 53.0 Å². The molecule has 0 aromatic carbocycles. The van der Waals surface area contributed by atoms with Crippen LogP contribution in [0.5, 0.6) is 0 Å². The van der Waals surface area contributed by atoms with Gasteiger partial charge in [-0.2, -0.15) is 0 Å². The highest BCUT2D eigenvalue weighted by Gasteiger charge is 2.39. The number of esters is 1. The van der Waals surface area contributed by atoms with Crippen LogP contribution in [-0.4, -0.2) is 48.7 Å². The Kier molecular flexibility index (Phi) is 6.46. The Morgan fingerprint density at radius 1 is 1.40 bits per heavy atom. The molecule has 0 heterocycles. The molecule has 2 atom stereocenters. The Morgan fingerprint density at radius 3 is 2.40 bits per heavy atom. The lowest BCUT2D eigenvalue weighted by molar-refractivity contribution is -0.151. The molecule has 0 spiro atoms. The zero-order chi connectivity index (χ0) is 15.3. The number of nitrogens with zero attached hydrogens (tertiary/aromatic N) is 1. The van der Waals surface area contributed by atoms with E-state index in [1.165, 1.54) is 12.8 Å². The van der Waals surface area contributed by atoms with Crippen molar-refractivity contribution in [3.63, 3.8) is 0 Å². The molecule has 1 saturated carbocycles. The third-order valence-corrected chi connectivity index (χ3v) is 4.14. The van der Waals surface area contributed by atoms with Gasteiger partial charge < -0.3 is 10.1 Å². The number of nitrogens with one attached hydrogen (secondary N) is 1. The van der Waals surface area contributed by atoms with Crippen molar-refractivity contribution in [2.24, 2.45) is 5.92 Å². The molecule has 1 fully saturated rings. The first-order valence-electron chi connectivity index (χ1n) is 7.96. The highest BCUT2D eigenvalue weighted by molar-refractivity contribution is 5.80. The van der Waals surface area contributed by atoms with Gasteiger partial charge in [0, 0.05) is 18.6 Å². The van der Waals surface area contributed by atoms with Crippen molar-refractivity contribution < 1.29 is 9.53 Å². The molecular formula is C16H32N2O2. The molecular weight excluding hydrogens is 252 g/mol. The molecule has 4 heteroatoms. The maximum atomic E-state index is 12.2. The minimum Gasteiger partial charge on any atom is -0.465 e. The average Bonchev–Trinajstić information content (AvgIpc) is 3.19. The summed E-state index contributed by atoms with van der Waals surface area (Å²) in [5, 5.41) is 3.16. The van der Waals surface area contributed by atoms with Crippen molar-refractivity contribution in [2.75, 3.05) is 20.2 Å². The molecule has 0 bridgehead atoms. The number of carbonyl (C=O) groups is 1. The second kappa shape index (κ2) is 7.41. The highest BCUT2D eigenvalue weighted by Crippen LogP contribution is 2.31. The number of hydrogen-bond acceptors (Lipinski definition) is 4. The summed E-state index contributed by atoms with van der Waals surface area (Å²) in [6, 6.07) is 1.10. The minimum absolute atomic E-state index is 0.144. The Hall–Kier alpha value is -0.610. The summed E-state index contributed by atoms with van der Waals surface area (Å²) in [5.41, 5.74) is -0.598. The van der Waals surface area contributed by atoms with E-state index in [1.807, 2.05) is 20.9 Å². The van der Waals surface area contributed by atoms with Crippen LogP contribution >= 0.6 is 0 Å². The van der Waals surface area contributed by atoms with Gasteiger partial charge >= 0.3 is 5.97 Å². The van der Waals surface area contributed by atoms with Crippen LogP contribution in [0.15, 0.2) is 0 Å². The van der Waals surface area contributed by atoms with Crippen LogP contribution in [0.3, 0.4) is 0 Å². The Bertz CT molecular complexity index is 316. The van der Waals surface area contributed by atoms with Crippen LogP contribution in [0.25, 0.3) is 0 Å². The van der Waals surface area contributed by atoms with E-state index in [0.29, 0.717) is 18.6 Å². The van der Waals surface area contributed by atoms with Crippen LogP contribution in [0, 0.1) is 5.92 Å². The fraction of sp³-hybridized carbons (Fsp3) is 0.938. The lowest BCUT2D eigenvalue weighted by atomic mass is 9.92. The zero-order valence-corrected chi connectivity index (χ0v) is 14.0. The van der Waals surface area contributed by atoms with Crippen molar-refractivity contribution in [2.45, 2.75) is 71.5 Å². The summed E-state index contributed by atoms with van der Waals surface area (Å²) in [5.74, 6) is 0.510. The SMILES string of the molecule is CCOC(=O)C(C)(CC(C)N(CC(C)C)C1CC1)NC. The van der Waals surface area contributed by atoms with E-state index >= 15 is 0 Å². The second-order valence-electron chi connectivity index (χ2n) is 6.68. The third kappa shape index (κ3) is 4.74. The van der Waals surface area contributed by atoms with Crippen LogP contribution in [0.2, 0.25) is 0 Å². The molecule has 2 unspecified atom stereocenters. The van der Waals surface area contributed by atoms with E-state index in [1.54, 1.807) is 0 Å². The van der Waals surface area contributed by atoms with Crippen molar-refractivity contribution >= 4 is 5.97 Å². The molecule has 4 nitrogen and oxygen atoms in total. The normalized spacial score (nSPS) is 20.0. The van der Waals surface area contributed by atoms with Gasteiger partial charge in [0.05, 0.1) is 6.61 Å². The molecule has 0 radical (unpaired) electrons. The molecule has 0 aromatic rings. The van der Waals surface area contributed by atoms with Crippen molar-refractivity contribution in [3.8, 4) is 0 Å². The summed E-state index contributed by atoms with van der Waals surface area (Å²) in [4.78, 5) is 14.7. The molecule has 0 saturated heterocycles. The molecule has 0 aromatic heterocycles. The maximum Gasteiger partial charge on any atom is 0.326 e. The number of hydrogen-bond donors (Lipinski definition) is 1. The fourth-order valence-corrected chi connectivity index (χ4v) is 2.80. The first-order valence-corrected chi connectivity index (χ1v) is 7.96. The molecule has 118 valence electrons. The Labute approximate surface area is 124 Å². The van der Waals surface area contributed by atoms with Gasteiger partial charge in [0.15, 0.2) is 0 Å². The zero-order valence-electron chi connectivity index (χ0n) is 14.0. The van der Waals surface area contributed by atoms with Gasteiger partial charge in [0.25, 0.3) is 0 Å². The van der Waals surface area contributed by atoms with Gasteiger partial charge in [0.1, 0.15) is 5.54 Å². The summed E-state index contributed by atoms with van der Waals surface area (Å²) < 4.78 is 5.22. The molecule has 0 aliphatic heterocycles. The molecule has 1 N–H and O–H groups in total.